The number of carbonyl (C=O) groups is 1. The molecule has 0 radical (unpaired) electrons. The van der Waals surface area contributed by atoms with Crippen LogP contribution in [0.5, 0.6) is 5.75 Å². The van der Waals surface area contributed by atoms with E-state index in [0.717, 1.165) is 22.5 Å². The van der Waals surface area contributed by atoms with Crippen molar-refractivity contribution in [3.8, 4) is 16.9 Å². The molecule has 4 rings (SSSR count). The van der Waals surface area contributed by atoms with Gasteiger partial charge in [0.1, 0.15) is 12.2 Å². The number of benzene rings is 1. The number of hydrogen-bond acceptors (Lipinski definition) is 4. The van der Waals surface area contributed by atoms with E-state index in [2.05, 4.69) is 4.98 Å². The van der Waals surface area contributed by atoms with Crippen LogP contribution in [-0.4, -0.2) is 27.2 Å². The largest absolute Gasteiger partial charge is 0.489 e. The highest BCUT2D eigenvalue weighted by atomic mass is 16.5. The van der Waals surface area contributed by atoms with E-state index in [1.807, 2.05) is 43.5 Å². The Balaban J connectivity index is 2.10. The molecule has 0 spiro atoms. The number of aromatic carboxylic acids is 1. The highest BCUT2D eigenvalue weighted by molar-refractivity contribution is 5.97. The number of carboxylic acid groups (broad SMARTS) is 1. The van der Waals surface area contributed by atoms with Crippen LogP contribution in [0.2, 0.25) is 0 Å². The van der Waals surface area contributed by atoms with Crippen LogP contribution in [-0.2, 0) is 0 Å². The molecule has 0 amide bonds. The SMILES string of the molecule is Cc1cc(-c2ccc3c(=O)c(C(=O)O)cn4c3c2OCC4C)cc(C)n1. The number of aromatic nitrogens is 2. The molecule has 6 heteroatoms. The van der Waals surface area contributed by atoms with Gasteiger partial charge in [0.25, 0.3) is 0 Å². The highest BCUT2D eigenvalue weighted by Crippen LogP contribution is 2.40. The Kier molecular flexibility index (Phi) is 3.57. The maximum Gasteiger partial charge on any atom is 0.341 e. The van der Waals surface area contributed by atoms with Gasteiger partial charge in [0.15, 0.2) is 5.75 Å². The zero-order chi connectivity index (χ0) is 18.6. The summed E-state index contributed by atoms with van der Waals surface area (Å²) in [5.41, 5.74) is 3.56. The Hall–Kier alpha value is -3.15. The lowest BCUT2D eigenvalue weighted by molar-refractivity contribution is 0.0694. The van der Waals surface area contributed by atoms with Crippen LogP contribution >= 0.6 is 0 Å². The first kappa shape index (κ1) is 16.3. The summed E-state index contributed by atoms with van der Waals surface area (Å²) in [6.07, 6.45) is 1.43. The van der Waals surface area contributed by atoms with Crippen LogP contribution in [0.15, 0.2) is 35.3 Å². The smallest absolute Gasteiger partial charge is 0.341 e. The second-order valence-electron chi connectivity index (χ2n) is 6.72. The number of ether oxygens (including phenoxy) is 1. The van der Waals surface area contributed by atoms with Gasteiger partial charge in [-0.3, -0.25) is 9.78 Å². The van der Waals surface area contributed by atoms with Crippen LogP contribution in [0.1, 0.15) is 34.7 Å². The molecule has 132 valence electrons. The third-order valence-corrected chi connectivity index (χ3v) is 4.71. The molecular weight excluding hydrogens is 332 g/mol. The van der Waals surface area contributed by atoms with Crippen LogP contribution in [0.3, 0.4) is 0 Å². The first-order chi connectivity index (χ1) is 12.4. The average Bonchev–Trinajstić information content (AvgIpc) is 2.58. The summed E-state index contributed by atoms with van der Waals surface area (Å²) in [5.74, 6) is -0.606. The third-order valence-electron chi connectivity index (χ3n) is 4.71. The normalized spacial score (nSPS) is 15.7. The Morgan fingerprint density at radius 3 is 2.62 bits per heavy atom. The van der Waals surface area contributed by atoms with Crippen molar-refractivity contribution in [3.05, 3.63) is 57.6 Å². The number of rotatable bonds is 2. The fourth-order valence-electron chi connectivity index (χ4n) is 3.57. The molecule has 0 aliphatic carbocycles. The highest BCUT2D eigenvalue weighted by Gasteiger charge is 2.26. The summed E-state index contributed by atoms with van der Waals surface area (Å²) in [4.78, 5) is 28.5. The predicted molar refractivity (Wildman–Crippen MR) is 98.1 cm³/mol. The third kappa shape index (κ3) is 2.37. The van der Waals surface area contributed by atoms with Crippen LogP contribution in [0.4, 0.5) is 0 Å². The van der Waals surface area contributed by atoms with Gasteiger partial charge in [0.2, 0.25) is 5.43 Å². The summed E-state index contributed by atoms with van der Waals surface area (Å²) in [7, 11) is 0. The molecule has 1 aromatic carbocycles. The molecule has 0 saturated heterocycles. The second kappa shape index (κ2) is 5.69. The number of carboxylic acids is 1. The van der Waals surface area contributed by atoms with Gasteiger partial charge in [0.05, 0.1) is 16.9 Å². The Morgan fingerprint density at radius 2 is 1.96 bits per heavy atom. The summed E-state index contributed by atoms with van der Waals surface area (Å²) in [6.45, 7) is 6.21. The maximum atomic E-state index is 12.6. The van der Waals surface area contributed by atoms with Gasteiger partial charge < -0.3 is 14.4 Å². The van der Waals surface area contributed by atoms with Crippen molar-refractivity contribution in [1.29, 1.82) is 0 Å². The summed E-state index contributed by atoms with van der Waals surface area (Å²) < 4.78 is 7.84. The minimum absolute atomic E-state index is 0.0696. The van der Waals surface area contributed by atoms with Gasteiger partial charge in [-0.05, 0) is 50.6 Å². The van der Waals surface area contributed by atoms with Gasteiger partial charge >= 0.3 is 5.97 Å². The Labute approximate surface area is 149 Å². The van der Waals surface area contributed by atoms with E-state index in [9.17, 15) is 14.7 Å². The van der Waals surface area contributed by atoms with Crippen LogP contribution < -0.4 is 10.2 Å². The zero-order valence-electron chi connectivity index (χ0n) is 14.7. The van der Waals surface area contributed by atoms with Crippen molar-refractivity contribution in [1.82, 2.24) is 9.55 Å². The lowest BCUT2D eigenvalue weighted by Crippen LogP contribution is -2.26. The summed E-state index contributed by atoms with van der Waals surface area (Å²) >= 11 is 0. The number of pyridine rings is 2. The van der Waals surface area contributed by atoms with Crippen molar-refractivity contribution >= 4 is 16.9 Å². The molecule has 0 bridgehead atoms. The van der Waals surface area contributed by atoms with Crippen LogP contribution in [0, 0.1) is 13.8 Å². The predicted octanol–water partition coefficient (Wildman–Crippen LogP) is 3.33. The van der Waals surface area contributed by atoms with Gasteiger partial charge in [-0.2, -0.15) is 0 Å². The molecule has 0 fully saturated rings. The van der Waals surface area contributed by atoms with Gasteiger partial charge in [-0.1, -0.05) is 0 Å². The summed E-state index contributed by atoms with van der Waals surface area (Å²) in [6, 6.07) is 7.38. The van der Waals surface area contributed by atoms with E-state index in [1.54, 1.807) is 6.07 Å². The van der Waals surface area contributed by atoms with E-state index in [1.165, 1.54) is 6.20 Å². The minimum Gasteiger partial charge on any atom is -0.489 e. The van der Waals surface area contributed by atoms with E-state index in [0.29, 0.717) is 23.3 Å². The fourth-order valence-corrected chi connectivity index (χ4v) is 3.57. The quantitative estimate of drug-likeness (QED) is 0.767. The molecule has 1 aliphatic heterocycles. The maximum absolute atomic E-state index is 12.6. The topological polar surface area (TPSA) is 81.4 Å². The van der Waals surface area contributed by atoms with Crippen molar-refractivity contribution in [2.75, 3.05) is 6.61 Å². The zero-order valence-corrected chi connectivity index (χ0v) is 14.7. The molecule has 1 aliphatic rings. The molecule has 1 N–H and O–H groups in total. The molecule has 3 heterocycles. The Bertz CT molecular complexity index is 1110. The second-order valence-corrected chi connectivity index (χ2v) is 6.72. The fraction of sp³-hybridized carbons (Fsp3) is 0.250. The van der Waals surface area contributed by atoms with E-state index < -0.39 is 11.4 Å². The van der Waals surface area contributed by atoms with Crippen molar-refractivity contribution in [3.63, 3.8) is 0 Å². The first-order valence-corrected chi connectivity index (χ1v) is 8.40. The molecule has 1 atom stereocenters. The molecular formula is C20H18N2O4. The van der Waals surface area contributed by atoms with E-state index >= 15 is 0 Å². The minimum atomic E-state index is -1.22. The van der Waals surface area contributed by atoms with E-state index in [4.69, 9.17) is 4.74 Å². The number of nitrogens with zero attached hydrogens (tertiary/aromatic N) is 2. The van der Waals surface area contributed by atoms with E-state index in [-0.39, 0.29) is 11.6 Å². The first-order valence-electron chi connectivity index (χ1n) is 8.40. The molecule has 0 saturated carbocycles. The van der Waals surface area contributed by atoms with Crippen molar-refractivity contribution < 1.29 is 14.6 Å². The Morgan fingerprint density at radius 1 is 1.27 bits per heavy atom. The standard InChI is InChI=1S/C20H18N2O4/c1-10-6-13(7-11(2)21-10)14-4-5-15-17-19(14)26-9-12(3)22(17)8-16(18(15)23)20(24)25/h4-8,12H,9H2,1-3H3,(H,24,25). The molecule has 1 unspecified atom stereocenters. The lowest BCUT2D eigenvalue weighted by Gasteiger charge is -2.28. The van der Waals surface area contributed by atoms with Crippen molar-refractivity contribution in [2.24, 2.45) is 0 Å². The monoisotopic (exact) mass is 350 g/mol. The molecule has 6 nitrogen and oxygen atoms in total. The molecule has 3 aromatic rings. The lowest BCUT2D eigenvalue weighted by atomic mass is 9.99. The average molecular weight is 350 g/mol. The number of hydrogen-bond donors (Lipinski definition) is 1. The van der Waals surface area contributed by atoms with Crippen LogP contribution in [0.25, 0.3) is 22.0 Å². The van der Waals surface area contributed by atoms with Crippen molar-refractivity contribution in [2.45, 2.75) is 26.8 Å². The molecule has 2 aromatic heterocycles. The molecule has 26 heavy (non-hydrogen) atoms. The van der Waals surface area contributed by atoms with Gasteiger partial charge in [-0.25, -0.2) is 4.79 Å². The van der Waals surface area contributed by atoms with Gasteiger partial charge in [0, 0.05) is 23.1 Å². The summed E-state index contributed by atoms with van der Waals surface area (Å²) in [5, 5.41) is 9.72. The number of aryl methyl sites for hydroxylation is 2. The van der Waals surface area contributed by atoms with Gasteiger partial charge in [-0.15, -0.1) is 0 Å².